The highest BCUT2D eigenvalue weighted by molar-refractivity contribution is 5.94. The summed E-state index contributed by atoms with van der Waals surface area (Å²) < 4.78 is 0. The van der Waals surface area contributed by atoms with Crippen LogP contribution in [0.1, 0.15) is 39.2 Å². The highest BCUT2D eigenvalue weighted by atomic mass is 16.4. The molecule has 11 nitrogen and oxygen atoms in total. The maximum absolute atomic E-state index is 12.9. The van der Waals surface area contributed by atoms with E-state index in [0.717, 1.165) is 5.56 Å². The van der Waals surface area contributed by atoms with Gasteiger partial charge >= 0.3 is 11.9 Å². The molecule has 0 aliphatic carbocycles. The number of hydrogen-bond donors (Lipinski definition) is 6. The molecule has 11 heteroatoms. The maximum atomic E-state index is 12.9. The van der Waals surface area contributed by atoms with Gasteiger partial charge in [-0.25, -0.2) is 4.79 Å². The third-order valence-corrected chi connectivity index (χ3v) is 5.18. The molecule has 7 N–H and O–H groups in total. The predicted octanol–water partition coefficient (Wildman–Crippen LogP) is -0.364. The van der Waals surface area contributed by atoms with Crippen LogP contribution >= 0.6 is 0 Å². The van der Waals surface area contributed by atoms with Gasteiger partial charge in [-0.1, -0.05) is 50.6 Å². The number of carbonyl (C=O) groups is 5. The van der Waals surface area contributed by atoms with Gasteiger partial charge < -0.3 is 31.9 Å². The zero-order valence-corrected chi connectivity index (χ0v) is 18.9. The molecular weight excluding hydrogens is 432 g/mol. The lowest BCUT2D eigenvalue weighted by atomic mass is 9.98. The van der Waals surface area contributed by atoms with Crippen molar-refractivity contribution in [2.24, 2.45) is 11.7 Å². The standard InChI is InChI=1S/C22H32N4O7/c1-4-12(2)18(22(32)33)26-21(31)16(10-14-8-6-5-7-9-14)25-19(29)13(3)24-20(30)15(23)11-17(27)28/h5-9,12-13,15-16,18H,4,10-11,23H2,1-3H3,(H,24,30)(H,25,29)(H,26,31)(H,27,28)(H,32,33). The molecule has 3 amide bonds. The van der Waals surface area contributed by atoms with Gasteiger partial charge in [0.2, 0.25) is 17.7 Å². The van der Waals surface area contributed by atoms with Crippen molar-refractivity contribution in [3.05, 3.63) is 35.9 Å². The van der Waals surface area contributed by atoms with Crippen molar-refractivity contribution in [3.8, 4) is 0 Å². The van der Waals surface area contributed by atoms with Gasteiger partial charge in [0, 0.05) is 6.42 Å². The Morgan fingerprint density at radius 1 is 0.909 bits per heavy atom. The van der Waals surface area contributed by atoms with Crippen molar-refractivity contribution in [3.63, 3.8) is 0 Å². The van der Waals surface area contributed by atoms with Crippen molar-refractivity contribution >= 4 is 29.7 Å². The second-order valence-electron chi connectivity index (χ2n) is 7.90. The van der Waals surface area contributed by atoms with Crippen molar-refractivity contribution < 1.29 is 34.2 Å². The van der Waals surface area contributed by atoms with Gasteiger partial charge in [-0.15, -0.1) is 0 Å². The number of nitrogens with two attached hydrogens (primary N) is 1. The summed E-state index contributed by atoms with van der Waals surface area (Å²) in [4.78, 5) is 59.9. The Kier molecular flexibility index (Phi) is 11.0. The van der Waals surface area contributed by atoms with E-state index in [0.29, 0.717) is 6.42 Å². The SMILES string of the molecule is CCC(C)C(NC(=O)C(Cc1ccccc1)NC(=O)C(C)NC(=O)C(N)CC(=O)O)C(=O)O. The van der Waals surface area contributed by atoms with Gasteiger partial charge in [-0.3, -0.25) is 19.2 Å². The Bertz CT molecular complexity index is 846. The molecule has 33 heavy (non-hydrogen) atoms. The lowest BCUT2D eigenvalue weighted by molar-refractivity contribution is -0.143. The number of hydrogen-bond acceptors (Lipinski definition) is 6. The van der Waals surface area contributed by atoms with Crippen molar-refractivity contribution in [2.45, 2.75) is 64.2 Å². The van der Waals surface area contributed by atoms with E-state index in [9.17, 15) is 29.1 Å². The first-order valence-electron chi connectivity index (χ1n) is 10.6. The molecule has 0 aromatic heterocycles. The monoisotopic (exact) mass is 464 g/mol. The van der Waals surface area contributed by atoms with Gasteiger partial charge in [-0.05, 0) is 18.4 Å². The summed E-state index contributed by atoms with van der Waals surface area (Å²) in [6, 6.07) is 4.12. The van der Waals surface area contributed by atoms with Crippen LogP contribution in [0.25, 0.3) is 0 Å². The molecule has 0 aliphatic rings. The Morgan fingerprint density at radius 2 is 1.52 bits per heavy atom. The number of rotatable bonds is 13. The number of nitrogens with one attached hydrogen (secondary N) is 3. The second-order valence-corrected chi connectivity index (χ2v) is 7.90. The number of aliphatic carboxylic acids is 2. The highest BCUT2D eigenvalue weighted by Gasteiger charge is 2.31. The fourth-order valence-electron chi connectivity index (χ4n) is 2.96. The summed E-state index contributed by atoms with van der Waals surface area (Å²) in [6.45, 7) is 4.86. The fourth-order valence-corrected chi connectivity index (χ4v) is 2.96. The Balaban J connectivity index is 2.96. The molecule has 1 aromatic rings. The van der Waals surface area contributed by atoms with Crippen LogP contribution in [0, 0.1) is 5.92 Å². The third-order valence-electron chi connectivity index (χ3n) is 5.18. The van der Waals surface area contributed by atoms with Gasteiger partial charge in [0.1, 0.15) is 18.1 Å². The van der Waals surface area contributed by atoms with Crippen molar-refractivity contribution in [1.82, 2.24) is 16.0 Å². The first-order chi connectivity index (χ1) is 15.5. The minimum Gasteiger partial charge on any atom is -0.481 e. The van der Waals surface area contributed by atoms with Crippen LogP contribution in [0.4, 0.5) is 0 Å². The van der Waals surface area contributed by atoms with E-state index < -0.39 is 60.2 Å². The van der Waals surface area contributed by atoms with Crippen LogP contribution in [-0.4, -0.2) is 64.0 Å². The normalized spacial score (nSPS) is 15.3. The quantitative estimate of drug-likeness (QED) is 0.228. The molecule has 0 fully saturated rings. The predicted molar refractivity (Wildman–Crippen MR) is 119 cm³/mol. The number of amides is 3. The molecule has 0 bridgehead atoms. The van der Waals surface area contributed by atoms with E-state index in [-0.39, 0.29) is 12.3 Å². The van der Waals surface area contributed by atoms with Gasteiger partial charge in [0.25, 0.3) is 0 Å². The molecule has 5 atom stereocenters. The highest BCUT2D eigenvalue weighted by Crippen LogP contribution is 2.10. The van der Waals surface area contributed by atoms with Gasteiger partial charge in [0.15, 0.2) is 0 Å². The van der Waals surface area contributed by atoms with Crippen molar-refractivity contribution in [2.75, 3.05) is 0 Å². The van der Waals surface area contributed by atoms with Crippen LogP contribution in [0.15, 0.2) is 30.3 Å². The molecule has 0 radical (unpaired) electrons. The molecule has 0 heterocycles. The molecule has 0 aliphatic heterocycles. The third kappa shape index (κ3) is 9.27. The van der Waals surface area contributed by atoms with Crippen LogP contribution in [0.2, 0.25) is 0 Å². The average Bonchev–Trinajstić information content (AvgIpc) is 2.76. The van der Waals surface area contributed by atoms with E-state index in [1.807, 2.05) is 0 Å². The molecule has 0 spiro atoms. The summed E-state index contributed by atoms with van der Waals surface area (Å²) in [6.07, 6.45) is 0.00246. The topological polar surface area (TPSA) is 188 Å². The summed E-state index contributed by atoms with van der Waals surface area (Å²) in [5, 5.41) is 25.6. The maximum Gasteiger partial charge on any atom is 0.326 e. The molecule has 1 aromatic carbocycles. The summed E-state index contributed by atoms with van der Waals surface area (Å²) in [5.41, 5.74) is 6.23. The first kappa shape index (κ1) is 27.6. The van der Waals surface area contributed by atoms with E-state index in [4.69, 9.17) is 10.8 Å². The average molecular weight is 465 g/mol. The molecule has 182 valence electrons. The minimum absolute atomic E-state index is 0.0878. The van der Waals surface area contributed by atoms with E-state index in [1.54, 1.807) is 44.2 Å². The van der Waals surface area contributed by atoms with Crippen LogP contribution in [0.5, 0.6) is 0 Å². The smallest absolute Gasteiger partial charge is 0.326 e. The zero-order valence-electron chi connectivity index (χ0n) is 18.9. The van der Waals surface area contributed by atoms with Crippen LogP contribution in [-0.2, 0) is 30.4 Å². The summed E-state index contributed by atoms with van der Waals surface area (Å²) >= 11 is 0. The lowest BCUT2D eigenvalue weighted by Crippen LogP contribution is -2.57. The minimum atomic E-state index is -1.34. The molecular formula is C22H32N4O7. The molecule has 5 unspecified atom stereocenters. The fraction of sp³-hybridized carbons (Fsp3) is 0.500. The number of carboxylic acid groups (broad SMARTS) is 2. The van der Waals surface area contributed by atoms with Gasteiger partial charge in [-0.2, -0.15) is 0 Å². The zero-order chi connectivity index (χ0) is 25.1. The van der Waals surface area contributed by atoms with E-state index in [2.05, 4.69) is 16.0 Å². The number of benzene rings is 1. The van der Waals surface area contributed by atoms with Crippen LogP contribution in [0.3, 0.4) is 0 Å². The largest absolute Gasteiger partial charge is 0.481 e. The molecule has 0 saturated heterocycles. The molecule has 0 saturated carbocycles. The van der Waals surface area contributed by atoms with E-state index in [1.165, 1.54) is 6.92 Å². The number of carboxylic acids is 2. The second kappa shape index (κ2) is 13.2. The van der Waals surface area contributed by atoms with Gasteiger partial charge in [0.05, 0.1) is 12.5 Å². The Labute approximate surface area is 192 Å². The molecule has 1 rings (SSSR count). The summed E-state index contributed by atoms with van der Waals surface area (Å²) in [7, 11) is 0. The first-order valence-corrected chi connectivity index (χ1v) is 10.6. The van der Waals surface area contributed by atoms with Crippen LogP contribution < -0.4 is 21.7 Å². The lowest BCUT2D eigenvalue weighted by Gasteiger charge is -2.25. The Hall–Kier alpha value is -3.47. The summed E-state index contributed by atoms with van der Waals surface area (Å²) in [5.74, 6) is -5.00. The van der Waals surface area contributed by atoms with E-state index >= 15 is 0 Å². The number of carbonyl (C=O) groups excluding carboxylic acids is 3. The van der Waals surface area contributed by atoms with Crippen molar-refractivity contribution in [1.29, 1.82) is 0 Å². The Morgan fingerprint density at radius 3 is 2.03 bits per heavy atom.